The molecule has 0 fully saturated rings. The van der Waals surface area contributed by atoms with Crippen LogP contribution in [0.5, 0.6) is 0 Å². The first-order valence-electron chi connectivity index (χ1n) is 6.44. The summed E-state index contributed by atoms with van der Waals surface area (Å²) in [6.45, 7) is 1.94. The van der Waals surface area contributed by atoms with Gasteiger partial charge in [0.1, 0.15) is 11.5 Å². The Kier molecular flexibility index (Phi) is 2.89. The highest BCUT2D eigenvalue weighted by Crippen LogP contribution is 2.17. The molecule has 5 heteroatoms. The average molecular weight is 271 g/mol. The van der Waals surface area contributed by atoms with E-state index >= 15 is 0 Å². The van der Waals surface area contributed by atoms with Crippen molar-refractivity contribution in [1.29, 1.82) is 0 Å². The number of aryl methyl sites for hydroxylation is 2. The van der Waals surface area contributed by atoms with Crippen LogP contribution in [-0.2, 0) is 13.5 Å². The second-order valence-electron chi connectivity index (χ2n) is 4.69. The molecular formula is C15H14FN3O. The highest BCUT2D eigenvalue weighted by molar-refractivity contribution is 5.77. The lowest BCUT2D eigenvalue weighted by molar-refractivity contribution is 0.627. The third-order valence-electron chi connectivity index (χ3n) is 3.42. The Labute approximate surface area is 115 Å². The van der Waals surface area contributed by atoms with E-state index in [0.717, 1.165) is 10.9 Å². The maximum Gasteiger partial charge on any atom is 0.259 e. The van der Waals surface area contributed by atoms with Crippen molar-refractivity contribution in [3.63, 3.8) is 0 Å². The van der Waals surface area contributed by atoms with Gasteiger partial charge in [-0.25, -0.2) is 4.39 Å². The fraction of sp³-hybridized carbons (Fsp3) is 0.200. The topological polar surface area (TPSA) is 39.8 Å². The molecule has 1 aromatic carbocycles. The van der Waals surface area contributed by atoms with Crippen molar-refractivity contribution in [2.75, 3.05) is 0 Å². The van der Waals surface area contributed by atoms with Crippen LogP contribution >= 0.6 is 0 Å². The highest BCUT2D eigenvalue weighted by atomic mass is 19.1. The van der Waals surface area contributed by atoms with Crippen molar-refractivity contribution in [2.24, 2.45) is 7.05 Å². The number of aromatic nitrogens is 3. The molecule has 102 valence electrons. The first-order valence-corrected chi connectivity index (χ1v) is 6.44. The molecule has 0 atom stereocenters. The average Bonchev–Trinajstić information content (AvgIpc) is 2.81. The molecule has 0 saturated carbocycles. The number of pyridine rings is 1. The van der Waals surface area contributed by atoms with Crippen LogP contribution in [0, 0.1) is 5.82 Å². The van der Waals surface area contributed by atoms with Gasteiger partial charge in [-0.1, -0.05) is 6.92 Å². The Balaban J connectivity index is 2.43. The van der Waals surface area contributed by atoms with E-state index in [2.05, 4.69) is 5.10 Å². The minimum Gasteiger partial charge on any atom is -0.269 e. The Hall–Kier alpha value is -2.43. The molecule has 0 aliphatic carbocycles. The standard InChI is InChI=1S/C15H14FN3O/c1-3-10-8-11-9-17-18(2)14(11)19(15(10)20)13-6-4-12(16)5-7-13/h4-9H,3H2,1-2H3. The van der Waals surface area contributed by atoms with Crippen LogP contribution in [0.3, 0.4) is 0 Å². The number of halogens is 1. The molecular weight excluding hydrogens is 257 g/mol. The molecule has 0 N–H and O–H groups in total. The molecule has 0 amide bonds. The molecule has 0 bridgehead atoms. The molecule has 3 rings (SSSR count). The second kappa shape index (κ2) is 4.59. The van der Waals surface area contributed by atoms with Gasteiger partial charge in [0.15, 0.2) is 0 Å². The van der Waals surface area contributed by atoms with Gasteiger partial charge in [-0.2, -0.15) is 5.10 Å². The summed E-state index contributed by atoms with van der Waals surface area (Å²) in [5, 5.41) is 5.10. The predicted octanol–water partition coefficient (Wildman–Crippen LogP) is 2.43. The summed E-state index contributed by atoms with van der Waals surface area (Å²) in [5.74, 6) is -0.324. The van der Waals surface area contributed by atoms with Crippen molar-refractivity contribution in [1.82, 2.24) is 14.3 Å². The number of fused-ring (bicyclic) bond motifs is 1. The van der Waals surface area contributed by atoms with Gasteiger partial charge in [-0.05, 0) is 36.8 Å². The van der Waals surface area contributed by atoms with Crippen LogP contribution < -0.4 is 5.56 Å². The quantitative estimate of drug-likeness (QED) is 0.718. The van der Waals surface area contributed by atoms with Crippen molar-refractivity contribution < 1.29 is 4.39 Å². The molecule has 0 aliphatic heterocycles. The summed E-state index contributed by atoms with van der Waals surface area (Å²) >= 11 is 0. The minimum atomic E-state index is -0.324. The normalized spacial score (nSPS) is 11.2. The smallest absolute Gasteiger partial charge is 0.259 e. The van der Waals surface area contributed by atoms with Crippen molar-refractivity contribution in [3.8, 4) is 5.69 Å². The van der Waals surface area contributed by atoms with Crippen LogP contribution in [0.15, 0.2) is 41.3 Å². The largest absolute Gasteiger partial charge is 0.269 e. The summed E-state index contributed by atoms with van der Waals surface area (Å²) in [4.78, 5) is 12.6. The van der Waals surface area contributed by atoms with E-state index in [0.29, 0.717) is 17.8 Å². The van der Waals surface area contributed by atoms with Crippen molar-refractivity contribution >= 4 is 11.0 Å². The molecule has 0 unspecified atom stereocenters. The maximum absolute atomic E-state index is 13.1. The first kappa shape index (κ1) is 12.6. The third kappa shape index (κ3) is 1.82. The number of benzene rings is 1. The monoisotopic (exact) mass is 271 g/mol. The van der Waals surface area contributed by atoms with E-state index < -0.39 is 0 Å². The van der Waals surface area contributed by atoms with Gasteiger partial charge in [-0.15, -0.1) is 0 Å². The Morgan fingerprint density at radius 2 is 1.95 bits per heavy atom. The molecule has 2 heterocycles. The lowest BCUT2D eigenvalue weighted by atomic mass is 10.1. The summed E-state index contributed by atoms with van der Waals surface area (Å²) in [6.07, 6.45) is 2.37. The predicted molar refractivity (Wildman–Crippen MR) is 75.6 cm³/mol. The van der Waals surface area contributed by atoms with E-state index in [9.17, 15) is 9.18 Å². The number of rotatable bonds is 2. The molecule has 3 aromatic rings. The molecule has 0 saturated heterocycles. The van der Waals surface area contributed by atoms with Gasteiger partial charge in [0.2, 0.25) is 0 Å². The molecule has 2 aromatic heterocycles. The molecule has 20 heavy (non-hydrogen) atoms. The van der Waals surface area contributed by atoms with Crippen LogP contribution in [-0.4, -0.2) is 14.3 Å². The SMILES string of the molecule is CCc1cc2cnn(C)c2n(-c2ccc(F)cc2)c1=O. The fourth-order valence-corrected chi connectivity index (χ4v) is 2.40. The van der Waals surface area contributed by atoms with Gasteiger partial charge in [0, 0.05) is 18.0 Å². The molecule has 0 spiro atoms. The van der Waals surface area contributed by atoms with E-state index in [1.54, 1.807) is 34.6 Å². The Morgan fingerprint density at radius 1 is 1.25 bits per heavy atom. The van der Waals surface area contributed by atoms with Crippen LogP contribution in [0.4, 0.5) is 4.39 Å². The molecule has 4 nitrogen and oxygen atoms in total. The zero-order valence-corrected chi connectivity index (χ0v) is 11.3. The van der Waals surface area contributed by atoms with E-state index in [1.807, 2.05) is 13.0 Å². The maximum atomic E-state index is 13.1. The summed E-state index contributed by atoms with van der Waals surface area (Å²) in [5.41, 5.74) is 1.98. The lowest BCUT2D eigenvalue weighted by Crippen LogP contribution is -2.23. The Morgan fingerprint density at radius 3 is 2.60 bits per heavy atom. The summed E-state index contributed by atoms with van der Waals surface area (Å²) < 4.78 is 16.3. The van der Waals surface area contributed by atoms with Crippen molar-refractivity contribution in [2.45, 2.75) is 13.3 Å². The Bertz CT molecular complexity index is 831. The van der Waals surface area contributed by atoms with Crippen molar-refractivity contribution in [3.05, 3.63) is 58.3 Å². The number of hydrogen-bond donors (Lipinski definition) is 0. The lowest BCUT2D eigenvalue weighted by Gasteiger charge is -2.11. The summed E-state index contributed by atoms with van der Waals surface area (Å²) in [7, 11) is 1.79. The third-order valence-corrected chi connectivity index (χ3v) is 3.42. The number of nitrogens with zero attached hydrogens (tertiary/aromatic N) is 3. The van der Waals surface area contributed by atoms with Gasteiger partial charge in [0.25, 0.3) is 5.56 Å². The minimum absolute atomic E-state index is 0.0878. The van der Waals surface area contributed by atoms with Crippen LogP contribution in [0.1, 0.15) is 12.5 Å². The zero-order chi connectivity index (χ0) is 14.3. The van der Waals surface area contributed by atoms with E-state index in [4.69, 9.17) is 0 Å². The fourth-order valence-electron chi connectivity index (χ4n) is 2.40. The summed E-state index contributed by atoms with van der Waals surface area (Å²) in [6, 6.07) is 7.76. The van der Waals surface area contributed by atoms with Gasteiger partial charge in [0.05, 0.1) is 11.9 Å². The number of hydrogen-bond acceptors (Lipinski definition) is 2. The first-order chi connectivity index (χ1) is 9.61. The van der Waals surface area contributed by atoms with Crippen LogP contribution in [0.25, 0.3) is 16.7 Å². The zero-order valence-electron chi connectivity index (χ0n) is 11.3. The molecule has 0 radical (unpaired) electrons. The van der Waals surface area contributed by atoms with Gasteiger partial charge >= 0.3 is 0 Å². The molecule has 0 aliphatic rings. The van der Waals surface area contributed by atoms with Gasteiger partial charge < -0.3 is 0 Å². The van der Waals surface area contributed by atoms with Gasteiger partial charge in [-0.3, -0.25) is 14.0 Å². The second-order valence-corrected chi connectivity index (χ2v) is 4.69. The van der Waals surface area contributed by atoms with E-state index in [1.165, 1.54) is 12.1 Å². The van der Waals surface area contributed by atoms with Crippen LogP contribution in [0.2, 0.25) is 0 Å². The highest BCUT2D eigenvalue weighted by Gasteiger charge is 2.13. The van der Waals surface area contributed by atoms with E-state index in [-0.39, 0.29) is 11.4 Å².